The van der Waals surface area contributed by atoms with Gasteiger partial charge in [0, 0.05) is 24.7 Å². The van der Waals surface area contributed by atoms with Crippen molar-refractivity contribution in [3.05, 3.63) is 59.2 Å². The minimum absolute atomic E-state index is 0.0231. The van der Waals surface area contributed by atoms with Crippen molar-refractivity contribution in [1.82, 2.24) is 4.31 Å². The van der Waals surface area contributed by atoms with Crippen LogP contribution < -0.4 is 5.32 Å². The molecule has 1 aliphatic carbocycles. The Hall–Kier alpha value is -2.18. The predicted octanol–water partition coefficient (Wildman–Crippen LogP) is 4.17. The monoisotopic (exact) mass is 426 g/mol. The number of hydrogen-bond acceptors (Lipinski definition) is 3. The zero-order chi connectivity index (χ0) is 21.1. The Morgan fingerprint density at radius 1 is 1.00 bits per heavy atom. The summed E-state index contributed by atoms with van der Waals surface area (Å²) < 4.78 is 27.8. The molecule has 2 aliphatic rings. The molecule has 4 rings (SSSR count). The molecule has 0 radical (unpaired) electrons. The van der Waals surface area contributed by atoms with Crippen molar-refractivity contribution < 1.29 is 13.2 Å². The summed E-state index contributed by atoms with van der Waals surface area (Å²) in [6, 6.07) is 13.5. The Morgan fingerprint density at radius 2 is 1.67 bits per heavy atom. The van der Waals surface area contributed by atoms with E-state index in [9.17, 15) is 13.2 Å². The van der Waals surface area contributed by atoms with Crippen LogP contribution in [0.5, 0.6) is 0 Å². The highest BCUT2D eigenvalue weighted by molar-refractivity contribution is 7.89. The highest BCUT2D eigenvalue weighted by Gasteiger charge is 2.32. The molecule has 6 heteroatoms. The van der Waals surface area contributed by atoms with Gasteiger partial charge < -0.3 is 5.32 Å². The first-order valence-corrected chi connectivity index (χ1v) is 12.4. The van der Waals surface area contributed by atoms with Gasteiger partial charge in [-0.05, 0) is 85.9 Å². The Kier molecular flexibility index (Phi) is 6.25. The number of carbonyl (C=O) groups is 1. The van der Waals surface area contributed by atoms with Crippen molar-refractivity contribution in [2.24, 2.45) is 5.92 Å². The minimum Gasteiger partial charge on any atom is -0.326 e. The van der Waals surface area contributed by atoms with Crippen LogP contribution in [-0.2, 0) is 34.1 Å². The van der Waals surface area contributed by atoms with E-state index in [4.69, 9.17) is 0 Å². The molecule has 1 aliphatic heterocycles. The predicted molar refractivity (Wildman–Crippen MR) is 119 cm³/mol. The second-order valence-corrected chi connectivity index (χ2v) is 10.3. The van der Waals surface area contributed by atoms with Gasteiger partial charge in [0.05, 0.1) is 4.90 Å². The lowest BCUT2D eigenvalue weighted by Crippen LogP contribution is -2.41. The van der Waals surface area contributed by atoms with E-state index in [2.05, 4.69) is 12.2 Å². The second kappa shape index (κ2) is 8.90. The summed E-state index contributed by atoms with van der Waals surface area (Å²) in [6.45, 7) is 2.86. The van der Waals surface area contributed by atoms with Crippen LogP contribution in [0.4, 0.5) is 5.69 Å². The van der Waals surface area contributed by atoms with E-state index in [0.717, 1.165) is 31.4 Å². The maximum absolute atomic E-state index is 13.1. The zero-order valence-corrected chi connectivity index (χ0v) is 18.4. The third kappa shape index (κ3) is 4.44. The number of sulfonamides is 1. The van der Waals surface area contributed by atoms with Crippen LogP contribution in [0.1, 0.15) is 49.3 Å². The average Bonchev–Trinajstić information content (AvgIpc) is 2.79. The van der Waals surface area contributed by atoms with Crippen molar-refractivity contribution in [2.75, 3.05) is 18.4 Å². The number of anilines is 1. The number of fused-ring (bicyclic) bond motifs is 1. The van der Waals surface area contributed by atoms with Crippen LogP contribution in [-0.4, -0.2) is 31.7 Å². The molecule has 0 spiro atoms. The summed E-state index contributed by atoms with van der Waals surface area (Å²) in [5.74, 6) is -0.184. The van der Waals surface area contributed by atoms with Gasteiger partial charge in [-0.1, -0.05) is 25.1 Å². The van der Waals surface area contributed by atoms with Crippen molar-refractivity contribution >= 4 is 21.6 Å². The van der Waals surface area contributed by atoms with Crippen LogP contribution in [0.2, 0.25) is 0 Å². The Morgan fingerprint density at radius 3 is 2.33 bits per heavy atom. The second-order valence-electron chi connectivity index (χ2n) is 8.36. The maximum atomic E-state index is 13.1. The van der Waals surface area contributed by atoms with Gasteiger partial charge in [0.2, 0.25) is 15.9 Å². The summed E-state index contributed by atoms with van der Waals surface area (Å²) in [4.78, 5) is 13.0. The summed E-state index contributed by atoms with van der Waals surface area (Å²) in [5.41, 5.74) is 4.48. The molecule has 0 bridgehead atoms. The van der Waals surface area contributed by atoms with Gasteiger partial charge in [-0.25, -0.2) is 8.42 Å². The number of nitrogens with zero attached hydrogens (tertiary/aromatic N) is 1. The molecule has 2 aromatic rings. The largest absolute Gasteiger partial charge is 0.326 e. The van der Waals surface area contributed by atoms with Crippen molar-refractivity contribution in [3.63, 3.8) is 0 Å². The topological polar surface area (TPSA) is 66.5 Å². The Labute approximate surface area is 179 Å². The molecular weight excluding hydrogens is 396 g/mol. The Balaban J connectivity index is 1.38. The first-order chi connectivity index (χ1) is 14.5. The third-order valence-corrected chi connectivity index (χ3v) is 8.31. The number of benzene rings is 2. The number of amides is 1. The quantitative estimate of drug-likeness (QED) is 0.780. The van der Waals surface area contributed by atoms with Crippen LogP contribution >= 0.6 is 0 Å². The molecule has 0 aromatic heterocycles. The van der Waals surface area contributed by atoms with Crippen molar-refractivity contribution in [1.29, 1.82) is 0 Å². The van der Waals surface area contributed by atoms with E-state index in [1.165, 1.54) is 27.4 Å². The fourth-order valence-electron chi connectivity index (χ4n) is 4.45. The first-order valence-electron chi connectivity index (χ1n) is 11.0. The summed E-state index contributed by atoms with van der Waals surface area (Å²) >= 11 is 0. The molecular formula is C24H30N2O3S. The molecule has 1 N–H and O–H groups in total. The van der Waals surface area contributed by atoms with Crippen LogP contribution in [0.15, 0.2) is 47.4 Å². The molecule has 0 atom stereocenters. The lowest BCUT2D eigenvalue weighted by atomic mass is 9.92. The molecule has 0 unspecified atom stereocenters. The van der Waals surface area contributed by atoms with Gasteiger partial charge in [-0.3, -0.25) is 4.79 Å². The number of carbonyl (C=O) groups excluding carboxylic acids is 1. The highest BCUT2D eigenvalue weighted by Crippen LogP contribution is 2.28. The third-order valence-electron chi connectivity index (χ3n) is 6.41. The molecule has 2 aromatic carbocycles. The van der Waals surface area contributed by atoms with Gasteiger partial charge in [-0.15, -0.1) is 0 Å². The smallest absolute Gasteiger partial charge is 0.243 e. The van der Waals surface area contributed by atoms with Gasteiger partial charge in [0.25, 0.3) is 0 Å². The molecule has 30 heavy (non-hydrogen) atoms. The lowest BCUT2D eigenvalue weighted by Gasteiger charge is -2.31. The number of nitrogens with one attached hydrogen (secondary N) is 1. The van der Waals surface area contributed by atoms with Gasteiger partial charge >= 0.3 is 0 Å². The number of piperidine rings is 1. The molecule has 1 saturated heterocycles. The van der Waals surface area contributed by atoms with Crippen LogP contribution in [0.3, 0.4) is 0 Å². The summed E-state index contributed by atoms with van der Waals surface area (Å²) in [7, 11) is -3.51. The SMILES string of the molecule is CCc1ccc(NC(=O)C2CCN(S(=O)(=O)c3ccc4c(c3)CCCC4)CC2)cc1. The molecule has 0 saturated carbocycles. The number of hydrogen-bond donors (Lipinski definition) is 1. The molecule has 1 fully saturated rings. The highest BCUT2D eigenvalue weighted by atomic mass is 32.2. The van der Waals surface area contributed by atoms with E-state index in [1.807, 2.05) is 36.4 Å². The van der Waals surface area contributed by atoms with E-state index in [0.29, 0.717) is 30.8 Å². The Bertz CT molecular complexity index is 1010. The van der Waals surface area contributed by atoms with E-state index in [1.54, 1.807) is 6.07 Å². The van der Waals surface area contributed by atoms with E-state index in [-0.39, 0.29) is 11.8 Å². The van der Waals surface area contributed by atoms with Crippen molar-refractivity contribution in [3.8, 4) is 0 Å². The molecule has 1 amide bonds. The maximum Gasteiger partial charge on any atom is 0.243 e. The van der Waals surface area contributed by atoms with Crippen LogP contribution in [0, 0.1) is 5.92 Å². The minimum atomic E-state index is -3.51. The van der Waals surface area contributed by atoms with Gasteiger partial charge in [0.1, 0.15) is 0 Å². The first kappa shape index (κ1) is 21.1. The number of rotatable bonds is 5. The zero-order valence-electron chi connectivity index (χ0n) is 17.6. The van der Waals surface area contributed by atoms with E-state index < -0.39 is 10.0 Å². The normalized spacial score (nSPS) is 18.0. The summed E-state index contributed by atoms with van der Waals surface area (Å²) in [5, 5.41) is 2.98. The molecule has 160 valence electrons. The van der Waals surface area contributed by atoms with Gasteiger partial charge in [-0.2, -0.15) is 4.31 Å². The summed E-state index contributed by atoms with van der Waals surface area (Å²) in [6.07, 6.45) is 6.35. The molecule has 1 heterocycles. The van der Waals surface area contributed by atoms with Gasteiger partial charge in [0.15, 0.2) is 0 Å². The number of aryl methyl sites for hydroxylation is 3. The fraction of sp³-hybridized carbons (Fsp3) is 0.458. The fourth-order valence-corrected chi connectivity index (χ4v) is 5.97. The van der Waals surface area contributed by atoms with Crippen LogP contribution in [0.25, 0.3) is 0 Å². The lowest BCUT2D eigenvalue weighted by molar-refractivity contribution is -0.120. The standard InChI is InChI=1S/C24H30N2O3S/c1-2-18-7-10-22(11-8-18)25-24(27)20-13-15-26(16-14-20)30(28,29)23-12-9-19-5-3-4-6-21(19)17-23/h7-12,17,20H,2-6,13-16H2,1H3,(H,25,27). The van der Waals surface area contributed by atoms with Crippen molar-refractivity contribution in [2.45, 2.75) is 56.8 Å². The average molecular weight is 427 g/mol. The van der Waals surface area contributed by atoms with E-state index >= 15 is 0 Å². The molecule has 5 nitrogen and oxygen atoms in total.